The molecule has 0 bridgehead atoms. The van der Waals surface area contributed by atoms with E-state index < -0.39 is 5.60 Å². The van der Waals surface area contributed by atoms with Gasteiger partial charge in [0.25, 0.3) is 0 Å². The number of oxime groups is 2. The summed E-state index contributed by atoms with van der Waals surface area (Å²) in [5.41, 5.74) is 7.58. The number of nitrogens with one attached hydrogen (secondary N) is 1. The Kier molecular flexibility index (Phi) is 14.2. The van der Waals surface area contributed by atoms with Gasteiger partial charge in [-0.15, -0.1) is 0 Å². The molecule has 0 spiro atoms. The molecule has 280 valence electrons. The van der Waals surface area contributed by atoms with E-state index in [4.69, 9.17) is 19.1 Å². The van der Waals surface area contributed by atoms with Crippen LogP contribution >= 0.6 is 15.9 Å². The summed E-state index contributed by atoms with van der Waals surface area (Å²) in [5, 5.41) is 11.3. The number of hydrogen-bond acceptors (Lipinski definition) is 10. The molecule has 0 aromatic heterocycles. The molecule has 2 aromatic carbocycles. The lowest BCUT2D eigenvalue weighted by atomic mass is 10.1. The van der Waals surface area contributed by atoms with Crippen molar-refractivity contribution in [2.24, 2.45) is 10.3 Å². The summed E-state index contributed by atoms with van der Waals surface area (Å²) in [5.74, 6) is 0. The molecule has 13 heteroatoms. The van der Waals surface area contributed by atoms with Crippen LogP contribution in [-0.2, 0) is 32.0 Å². The van der Waals surface area contributed by atoms with Crippen molar-refractivity contribution in [2.75, 3.05) is 71.5 Å². The Bertz CT molecular complexity index is 1550. The summed E-state index contributed by atoms with van der Waals surface area (Å²) < 4.78 is 11.9. The zero-order valence-corrected chi connectivity index (χ0v) is 33.1. The Morgan fingerprint density at radius 2 is 1.14 bits per heavy atom. The maximum Gasteiger partial charge on any atom is 0.410 e. The fourth-order valence-electron chi connectivity index (χ4n) is 6.28. The highest BCUT2D eigenvalue weighted by molar-refractivity contribution is 9.10. The molecular formula is C38H55BrN6O6. The number of benzene rings is 2. The van der Waals surface area contributed by atoms with Crippen LogP contribution in [0.3, 0.4) is 0 Å². The largest absolute Gasteiger partial charge is 0.444 e. The van der Waals surface area contributed by atoms with Crippen LogP contribution < -0.4 is 10.2 Å². The fraction of sp³-hybridized carbons (Fsp3) is 0.579. The van der Waals surface area contributed by atoms with Gasteiger partial charge in [-0.25, -0.2) is 9.59 Å². The van der Waals surface area contributed by atoms with E-state index in [0.717, 1.165) is 76.4 Å². The minimum atomic E-state index is -0.453. The number of piperazine rings is 2. The van der Waals surface area contributed by atoms with Gasteiger partial charge in [0.15, 0.2) is 0 Å². The van der Waals surface area contributed by atoms with Gasteiger partial charge in [0.05, 0.1) is 11.4 Å². The van der Waals surface area contributed by atoms with Gasteiger partial charge in [0, 0.05) is 73.6 Å². The van der Waals surface area contributed by atoms with E-state index in [1.54, 1.807) is 24.0 Å². The smallest absolute Gasteiger partial charge is 0.410 e. The Hall–Kier alpha value is -3.84. The van der Waals surface area contributed by atoms with Crippen LogP contribution in [0.1, 0.15) is 76.6 Å². The quantitative estimate of drug-likeness (QED) is 0.347. The van der Waals surface area contributed by atoms with Crippen molar-refractivity contribution in [1.82, 2.24) is 15.1 Å². The number of hydrogen-bond donors (Lipinski definition) is 1. The highest BCUT2D eigenvalue weighted by atomic mass is 79.9. The summed E-state index contributed by atoms with van der Waals surface area (Å²) in [4.78, 5) is 39.4. The van der Waals surface area contributed by atoms with Crippen LogP contribution in [0.25, 0.3) is 0 Å². The Labute approximate surface area is 311 Å². The van der Waals surface area contributed by atoms with Crippen molar-refractivity contribution in [3.05, 3.63) is 63.1 Å². The number of fused-ring (bicyclic) bond motifs is 2. The van der Waals surface area contributed by atoms with E-state index in [2.05, 4.69) is 66.8 Å². The van der Waals surface area contributed by atoms with Gasteiger partial charge in [0.1, 0.15) is 25.4 Å². The van der Waals surface area contributed by atoms with Crippen LogP contribution in [0.2, 0.25) is 0 Å². The maximum atomic E-state index is 12.2. The van der Waals surface area contributed by atoms with Gasteiger partial charge in [0.2, 0.25) is 0 Å². The number of carbonyl (C=O) groups is 2. The fourth-order valence-corrected chi connectivity index (χ4v) is 6.85. The average molecular weight is 772 g/mol. The molecule has 1 N–H and O–H groups in total. The van der Waals surface area contributed by atoms with Gasteiger partial charge in [-0.1, -0.05) is 50.5 Å². The summed E-state index contributed by atoms with van der Waals surface area (Å²) in [6.07, 6.45) is 3.51. The van der Waals surface area contributed by atoms with Gasteiger partial charge in [-0.3, -0.25) is 0 Å². The van der Waals surface area contributed by atoms with Crippen LogP contribution in [0.15, 0.2) is 51.2 Å². The van der Waals surface area contributed by atoms with E-state index in [1.807, 2.05) is 47.6 Å². The monoisotopic (exact) mass is 770 g/mol. The average Bonchev–Trinajstić information content (AvgIpc) is 3.70. The number of anilines is 1. The van der Waals surface area contributed by atoms with Crippen molar-refractivity contribution in [1.29, 1.82) is 0 Å². The third-order valence-electron chi connectivity index (χ3n) is 8.56. The minimum Gasteiger partial charge on any atom is -0.444 e. The molecule has 51 heavy (non-hydrogen) atoms. The minimum absolute atomic E-state index is 0.200. The lowest BCUT2D eigenvalue weighted by molar-refractivity contribution is 0.0223. The number of rotatable bonds is 3. The van der Waals surface area contributed by atoms with E-state index in [-0.39, 0.29) is 17.8 Å². The topological polar surface area (TPSA) is 118 Å². The molecule has 2 fully saturated rings. The number of ether oxygens (including phenoxy) is 2. The number of nitrogens with zero attached hydrogens (tertiary/aromatic N) is 5. The first-order chi connectivity index (χ1) is 24.2. The second kappa shape index (κ2) is 18.1. The van der Waals surface area contributed by atoms with E-state index >= 15 is 0 Å². The van der Waals surface area contributed by atoms with Gasteiger partial charge >= 0.3 is 12.2 Å². The summed E-state index contributed by atoms with van der Waals surface area (Å²) in [6, 6.07) is 12.5. The normalized spacial score (nSPS) is 18.6. The van der Waals surface area contributed by atoms with Crippen molar-refractivity contribution in [3.63, 3.8) is 0 Å². The van der Waals surface area contributed by atoms with Crippen molar-refractivity contribution in [3.8, 4) is 0 Å². The van der Waals surface area contributed by atoms with Crippen LogP contribution in [0.5, 0.6) is 0 Å². The maximum absolute atomic E-state index is 12.2. The second-order valence-corrected chi connectivity index (χ2v) is 15.5. The highest BCUT2D eigenvalue weighted by Crippen LogP contribution is 2.33. The van der Waals surface area contributed by atoms with Gasteiger partial charge in [-0.05, 0) is 90.5 Å². The van der Waals surface area contributed by atoms with E-state index in [9.17, 15) is 9.59 Å². The predicted octanol–water partition coefficient (Wildman–Crippen LogP) is 6.61. The third kappa shape index (κ3) is 11.6. The number of amides is 2. The van der Waals surface area contributed by atoms with Crippen molar-refractivity contribution < 1.29 is 28.7 Å². The van der Waals surface area contributed by atoms with Crippen LogP contribution in [0.4, 0.5) is 15.3 Å². The molecule has 0 atom stereocenters. The van der Waals surface area contributed by atoms with E-state index in [0.29, 0.717) is 13.1 Å². The molecule has 0 radical (unpaired) electrons. The summed E-state index contributed by atoms with van der Waals surface area (Å²) in [6.45, 7) is 17.5. The first-order valence-electron chi connectivity index (χ1n) is 17.7. The SMILES string of the molecule is CC(C)(C)OC(=O)N1CCNCC1.CO/N=C1\CCc2c(Br)cccc21.CO/N=C1\CCc2c1cccc2N1CCN(C(=O)OC(C)(C)C)CC1. The first kappa shape index (κ1) is 39.9. The Morgan fingerprint density at radius 1 is 0.667 bits per heavy atom. The molecular weight excluding hydrogens is 716 g/mol. The van der Waals surface area contributed by atoms with E-state index in [1.165, 1.54) is 32.4 Å². The highest BCUT2D eigenvalue weighted by Gasteiger charge is 2.29. The van der Waals surface area contributed by atoms with Crippen LogP contribution in [0, 0.1) is 0 Å². The molecule has 0 saturated carbocycles. The molecule has 6 rings (SSSR count). The molecule has 2 aromatic rings. The Morgan fingerprint density at radius 3 is 1.65 bits per heavy atom. The predicted molar refractivity (Wildman–Crippen MR) is 205 cm³/mol. The summed E-state index contributed by atoms with van der Waals surface area (Å²) >= 11 is 3.53. The molecule has 0 unspecified atom stereocenters. The summed E-state index contributed by atoms with van der Waals surface area (Å²) in [7, 11) is 3.17. The molecule has 2 saturated heterocycles. The van der Waals surface area contributed by atoms with Crippen molar-refractivity contribution >= 4 is 45.2 Å². The third-order valence-corrected chi connectivity index (χ3v) is 9.30. The molecule has 2 heterocycles. The molecule has 12 nitrogen and oxygen atoms in total. The van der Waals surface area contributed by atoms with Gasteiger partial charge < -0.3 is 39.2 Å². The first-order valence-corrected chi connectivity index (χ1v) is 18.5. The lowest BCUT2D eigenvalue weighted by Crippen LogP contribution is -2.50. The van der Waals surface area contributed by atoms with Gasteiger partial charge in [-0.2, -0.15) is 0 Å². The number of halogens is 1. The zero-order valence-electron chi connectivity index (χ0n) is 31.5. The van der Waals surface area contributed by atoms with Crippen LogP contribution in [-0.4, -0.2) is 111 Å². The van der Waals surface area contributed by atoms with Crippen molar-refractivity contribution in [2.45, 2.75) is 78.4 Å². The zero-order chi connectivity index (χ0) is 37.2. The lowest BCUT2D eigenvalue weighted by Gasteiger charge is -2.37. The standard InChI is InChI=1S/C19H27N3O3.C10H10BrNO.C9H18N2O2/c1-19(2,3)25-18(23)22-12-10-21(11-13-22)17-7-5-6-14-15(17)8-9-16(14)20-24-4;1-13-12-10-6-5-7-8(10)3-2-4-9(7)11;1-9(2,3)13-8(12)11-6-4-10-5-7-11/h5-7H,8-13H2,1-4H3;2-4H,5-6H2,1H3;10H,4-7H2,1-3H3/b20-16+;12-10+;. The molecule has 2 amide bonds. The second-order valence-electron chi connectivity index (χ2n) is 14.7. The molecule has 2 aliphatic heterocycles. The molecule has 4 aliphatic rings. The Balaban J connectivity index is 0.000000189. The number of carbonyl (C=O) groups excluding carboxylic acids is 2. The molecule has 2 aliphatic carbocycles.